The highest BCUT2D eigenvalue weighted by Gasteiger charge is 2.31. The van der Waals surface area contributed by atoms with Gasteiger partial charge < -0.3 is 9.73 Å². The molecule has 3 heterocycles. The van der Waals surface area contributed by atoms with Crippen molar-refractivity contribution < 1.29 is 9.21 Å². The summed E-state index contributed by atoms with van der Waals surface area (Å²) in [7, 11) is 0. The Morgan fingerprint density at radius 1 is 1.31 bits per heavy atom. The summed E-state index contributed by atoms with van der Waals surface area (Å²) in [5.74, 6) is 1.86. The number of furan rings is 1. The molecule has 1 atom stereocenters. The molecule has 1 unspecified atom stereocenters. The predicted molar refractivity (Wildman–Crippen MR) is 103 cm³/mol. The number of likely N-dealkylation sites (tertiary alicyclic amines) is 1. The Kier molecular flexibility index (Phi) is 4.86. The van der Waals surface area contributed by atoms with Gasteiger partial charge in [0.05, 0.1) is 23.8 Å². The van der Waals surface area contributed by atoms with Crippen LogP contribution >= 0.6 is 11.3 Å². The summed E-state index contributed by atoms with van der Waals surface area (Å²) in [6.07, 6.45) is 1.91. The second-order valence-electron chi connectivity index (χ2n) is 6.58. The first-order valence-corrected chi connectivity index (χ1v) is 9.72. The summed E-state index contributed by atoms with van der Waals surface area (Å²) in [4.78, 5) is 19.2. The molecule has 0 bridgehead atoms. The molecule has 0 aliphatic carbocycles. The van der Waals surface area contributed by atoms with Crippen LogP contribution in [0.15, 0.2) is 51.7 Å². The SMILES string of the molecule is Cc1ccc(CN2CCCC2C(=O)Nc2ccc(-c3cscn3)cc2)o1. The summed E-state index contributed by atoms with van der Waals surface area (Å²) in [6.45, 7) is 3.53. The van der Waals surface area contributed by atoms with Crippen LogP contribution in [0, 0.1) is 6.92 Å². The van der Waals surface area contributed by atoms with Crippen molar-refractivity contribution >= 4 is 22.9 Å². The van der Waals surface area contributed by atoms with Crippen LogP contribution in [0.25, 0.3) is 11.3 Å². The van der Waals surface area contributed by atoms with Gasteiger partial charge in [0.2, 0.25) is 5.91 Å². The largest absolute Gasteiger partial charge is 0.465 e. The van der Waals surface area contributed by atoms with E-state index in [1.54, 1.807) is 11.3 Å². The second-order valence-corrected chi connectivity index (χ2v) is 7.30. The number of rotatable bonds is 5. The average molecular weight is 367 g/mol. The zero-order valence-electron chi connectivity index (χ0n) is 14.6. The number of carbonyl (C=O) groups excluding carboxylic acids is 1. The molecule has 26 heavy (non-hydrogen) atoms. The van der Waals surface area contributed by atoms with E-state index in [1.165, 1.54) is 0 Å². The van der Waals surface area contributed by atoms with E-state index in [2.05, 4.69) is 15.2 Å². The van der Waals surface area contributed by atoms with Gasteiger partial charge in [0.25, 0.3) is 0 Å². The summed E-state index contributed by atoms with van der Waals surface area (Å²) in [5, 5.41) is 5.06. The molecule has 0 spiro atoms. The van der Waals surface area contributed by atoms with Crippen molar-refractivity contribution in [3.63, 3.8) is 0 Å². The highest BCUT2D eigenvalue weighted by Crippen LogP contribution is 2.24. The van der Waals surface area contributed by atoms with E-state index in [1.807, 2.05) is 54.2 Å². The molecule has 1 aliphatic rings. The first-order valence-electron chi connectivity index (χ1n) is 8.78. The zero-order valence-corrected chi connectivity index (χ0v) is 15.5. The molecule has 5 nitrogen and oxygen atoms in total. The standard InChI is InChI=1S/C20H21N3O2S/c1-14-4-9-17(25-14)11-23-10-2-3-19(23)20(24)22-16-7-5-15(6-8-16)18-12-26-13-21-18/h4-9,12-13,19H,2-3,10-11H2,1H3,(H,22,24). The van der Waals surface area contributed by atoms with Crippen LogP contribution in [0.4, 0.5) is 5.69 Å². The van der Waals surface area contributed by atoms with Crippen molar-refractivity contribution in [1.29, 1.82) is 0 Å². The molecule has 134 valence electrons. The van der Waals surface area contributed by atoms with Crippen molar-refractivity contribution in [2.24, 2.45) is 0 Å². The first kappa shape index (κ1) is 17.0. The maximum absolute atomic E-state index is 12.7. The Morgan fingerprint density at radius 2 is 2.15 bits per heavy atom. The van der Waals surface area contributed by atoms with E-state index in [-0.39, 0.29) is 11.9 Å². The van der Waals surface area contributed by atoms with Gasteiger partial charge >= 0.3 is 0 Å². The van der Waals surface area contributed by atoms with Gasteiger partial charge in [-0.25, -0.2) is 4.98 Å². The molecule has 6 heteroatoms. The third-order valence-corrected chi connectivity index (χ3v) is 5.29. The fourth-order valence-electron chi connectivity index (χ4n) is 3.39. The van der Waals surface area contributed by atoms with E-state index in [9.17, 15) is 4.79 Å². The number of benzene rings is 1. The highest BCUT2D eigenvalue weighted by atomic mass is 32.1. The van der Waals surface area contributed by atoms with Crippen molar-refractivity contribution in [2.75, 3.05) is 11.9 Å². The number of hydrogen-bond acceptors (Lipinski definition) is 5. The number of thiazole rings is 1. The molecular weight excluding hydrogens is 346 g/mol. The van der Waals surface area contributed by atoms with Gasteiger partial charge in [0, 0.05) is 16.6 Å². The minimum atomic E-state index is -0.112. The molecule has 3 aromatic rings. The Morgan fingerprint density at radius 3 is 2.85 bits per heavy atom. The zero-order chi connectivity index (χ0) is 17.9. The molecule has 1 aromatic carbocycles. The van der Waals surface area contributed by atoms with E-state index < -0.39 is 0 Å². The molecule has 2 aromatic heterocycles. The Hall–Kier alpha value is -2.44. The summed E-state index contributed by atoms with van der Waals surface area (Å²) in [6, 6.07) is 11.7. The quantitative estimate of drug-likeness (QED) is 0.730. The van der Waals surface area contributed by atoms with Crippen molar-refractivity contribution in [1.82, 2.24) is 9.88 Å². The third-order valence-electron chi connectivity index (χ3n) is 4.70. The second kappa shape index (κ2) is 7.43. The molecule has 0 radical (unpaired) electrons. The molecule has 4 rings (SSSR count). The van der Waals surface area contributed by atoms with Crippen LogP contribution in [-0.2, 0) is 11.3 Å². The fourth-order valence-corrected chi connectivity index (χ4v) is 3.95. The summed E-state index contributed by atoms with van der Waals surface area (Å²) in [5.41, 5.74) is 4.65. The van der Waals surface area contributed by atoms with Gasteiger partial charge in [-0.1, -0.05) is 12.1 Å². The molecule has 1 aliphatic heterocycles. The molecule has 1 N–H and O–H groups in total. The van der Waals surface area contributed by atoms with Crippen molar-refractivity contribution in [3.8, 4) is 11.3 Å². The number of anilines is 1. The normalized spacial score (nSPS) is 17.5. The maximum atomic E-state index is 12.7. The van der Waals surface area contributed by atoms with E-state index in [0.29, 0.717) is 6.54 Å². The van der Waals surface area contributed by atoms with Crippen LogP contribution in [-0.4, -0.2) is 28.4 Å². The van der Waals surface area contributed by atoms with Gasteiger partial charge in [0.15, 0.2) is 0 Å². The van der Waals surface area contributed by atoms with E-state index >= 15 is 0 Å². The Labute approximate surface area is 156 Å². The van der Waals surface area contributed by atoms with Gasteiger partial charge in [-0.15, -0.1) is 11.3 Å². The predicted octanol–water partition coefficient (Wildman–Crippen LogP) is 4.31. The van der Waals surface area contributed by atoms with Crippen LogP contribution in [0.1, 0.15) is 24.4 Å². The first-order chi connectivity index (χ1) is 12.7. The topological polar surface area (TPSA) is 58.4 Å². The third kappa shape index (κ3) is 3.71. The van der Waals surface area contributed by atoms with Crippen molar-refractivity contribution in [3.05, 3.63) is 58.8 Å². The fraction of sp³-hybridized carbons (Fsp3) is 0.300. The Balaban J connectivity index is 1.40. The van der Waals surface area contributed by atoms with E-state index in [0.717, 1.165) is 47.9 Å². The van der Waals surface area contributed by atoms with Crippen LogP contribution in [0.3, 0.4) is 0 Å². The van der Waals surface area contributed by atoms with Crippen LogP contribution in [0.2, 0.25) is 0 Å². The van der Waals surface area contributed by atoms with Crippen LogP contribution in [0.5, 0.6) is 0 Å². The van der Waals surface area contributed by atoms with Gasteiger partial charge in [0.1, 0.15) is 11.5 Å². The number of nitrogens with one attached hydrogen (secondary N) is 1. The molecular formula is C20H21N3O2S. The molecule has 1 saturated heterocycles. The molecule has 1 amide bonds. The number of amides is 1. The van der Waals surface area contributed by atoms with Gasteiger partial charge in [-0.3, -0.25) is 9.69 Å². The van der Waals surface area contributed by atoms with E-state index in [4.69, 9.17) is 4.42 Å². The summed E-state index contributed by atoms with van der Waals surface area (Å²) >= 11 is 1.57. The number of aryl methyl sites for hydroxylation is 1. The lowest BCUT2D eigenvalue weighted by Crippen LogP contribution is -2.39. The number of aromatic nitrogens is 1. The molecule has 1 fully saturated rings. The average Bonchev–Trinajstić information content (AvgIpc) is 3.38. The summed E-state index contributed by atoms with van der Waals surface area (Å²) < 4.78 is 5.66. The highest BCUT2D eigenvalue weighted by molar-refractivity contribution is 7.07. The number of nitrogens with zero attached hydrogens (tertiary/aromatic N) is 2. The van der Waals surface area contributed by atoms with Crippen LogP contribution < -0.4 is 5.32 Å². The van der Waals surface area contributed by atoms with Crippen molar-refractivity contribution in [2.45, 2.75) is 32.4 Å². The molecule has 0 saturated carbocycles. The van der Waals surface area contributed by atoms with Gasteiger partial charge in [-0.2, -0.15) is 0 Å². The lowest BCUT2D eigenvalue weighted by atomic mass is 10.1. The number of carbonyl (C=O) groups is 1. The lowest BCUT2D eigenvalue weighted by Gasteiger charge is -2.22. The number of hydrogen-bond donors (Lipinski definition) is 1. The maximum Gasteiger partial charge on any atom is 0.241 e. The monoisotopic (exact) mass is 367 g/mol. The minimum Gasteiger partial charge on any atom is -0.465 e. The lowest BCUT2D eigenvalue weighted by molar-refractivity contribution is -0.120. The minimum absolute atomic E-state index is 0.0483. The Bertz CT molecular complexity index is 871. The smallest absolute Gasteiger partial charge is 0.241 e. The van der Waals surface area contributed by atoms with Gasteiger partial charge in [-0.05, 0) is 50.6 Å².